The van der Waals surface area contributed by atoms with Crippen molar-refractivity contribution >= 4 is 28.5 Å². The Morgan fingerprint density at radius 1 is 1.26 bits per heavy atom. The highest BCUT2D eigenvalue weighted by Gasteiger charge is 2.35. The molecule has 1 saturated heterocycles. The minimum absolute atomic E-state index is 0.0765. The Bertz CT molecular complexity index is 1120. The van der Waals surface area contributed by atoms with Crippen LogP contribution in [-0.2, 0) is 4.79 Å². The monoisotopic (exact) mass is 380 g/mol. The molecule has 1 fully saturated rings. The molecular weight excluding hydrogens is 367 g/mol. The molecule has 1 aromatic carbocycles. The molecule has 1 amide bonds. The summed E-state index contributed by atoms with van der Waals surface area (Å²) in [6, 6.07) is 10.9. The number of nitrogens with zero attached hydrogens (tertiary/aromatic N) is 4. The normalized spacial score (nSPS) is 13.8. The van der Waals surface area contributed by atoms with Gasteiger partial charge in [-0.2, -0.15) is 5.10 Å². The van der Waals surface area contributed by atoms with E-state index in [9.17, 15) is 9.18 Å². The third-order valence-corrected chi connectivity index (χ3v) is 4.58. The summed E-state index contributed by atoms with van der Waals surface area (Å²) in [6.45, 7) is 3.76. The second-order valence-corrected chi connectivity index (χ2v) is 6.63. The summed E-state index contributed by atoms with van der Waals surface area (Å²) >= 11 is 5.99. The van der Waals surface area contributed by atoms with Crippen molar-refractivity contribution < 1.29 is 9.18 Å². The molecule has 4 rings (SSSR count). The van der Waals surface area contributed by atoms with E-state index in [1.807, 2.05) is 24.3 Å². The Labute approximate surface area is 160 Å². The zero-order chi connectivity index (χ0) is 19.0. The number of aromatic nitrogens is 3. The van der Waals surface area contributed by atoms with Crippen LogP contribution < -0.4 is 0 Å². The summed E-state index contributed by atoms with van der Waals surface area (Å²) in [5, 5.41) is 6.02. The van der Waals surface area contributed by atoms with E-state index in [0.29, 0.717) is 29.5 Å². The first-order chi connectivity index (χ1) is 13.0. The smallest absolute Gasteiger partial charge is 0.282 e. The summed E-state index contributed by atoms with van der Waals surface area (Å²) in [4.78, 5) is 17.4. The average Bonchev–Trinajstić information content (AvgIpc) is 2.97. The second-order valence-electron chi connectivity index (χ2n) is 6.20. The van der Waals surface area contributed by atoms with Gasteiger partial charge in [-0.3, -0.25) is 4.79 Å². The van der Waals surface area contributed by atoms with E-state index >= 15 is 0 Å². The lowest BCUT2D eigenvalue weighted by atomic mass is 10.1. The first-order valence-electron chi connectivity index (χ1n) is 8.27. The van der Waals surface area contributed by atoms with Gasteiger partial charge >= 0.3 is 0 Å². The zero-order valence-electron chi connectivity index (χ0n) is 14.2. The molecular formula is C20H14ClFN4O. The molecule has 0 bridgehead atoms. The molecule has 1 aliphatic heterocycles. The Balaban J connectivity index is 1.65. The fourth-order valence-electron chi connectivity index (χ4n) is 2.97. The van der Waals surface area contributed by atoms with E-state index in [1.165, 1.54) is 4.90 Å². The average molecular weight is 381 g/mol. The highest BCUT2D eigenvalue weighted by Crippen LogP contribution is 2.27. The van der Waals surface area contributed by atoms with Crippen molar-refractivity contribution in [2.24, 2.45) is 0 Å². The maximum absolute atomic E-state index is 13.0. The molecule has 3 heterocycles. The van der Waals surface area contributed by atoms with Crippen LogP contribution in [0.1, 0.15) is 17.3 Å². The molecule has 134 valence electrons. The standard InChI is InChI=1S/C20H14ClFN4O/c1-13(22)20(27)25-11-16(12-25)26-19-17(6-3-9-23-19)18(24-26)8-7-14-4-2-5-15(21)10-14/h2-6,9-10,16H,1,11-12H2. The van der Waals surface area contributed by atoms with Crippen molar-refractivity contribution in [2.75, 3.05) is 13.1 Å². The van der Waals surface area contributed by atoms with Gasteiger partial charge in [0.25, 0.3) is 5.91 Å². The van der Waals surface area contributed by atoms with Crippen molar-refractivity contribution in [1.29, 1.82) is 0 Å². The topological polar surface area (TPSA) is 51.0 Å². The van der Waals surface area contributed by atoms with Crippen molar-refractivity contribution in [3.05, 3.63) is 71.3 Å². The minimum atomic E-state index is -0.954. The van der Waals surface area contributed by atoms with Crippen LogP contribution in [0.4, 0.5) is 4.39 Å². The van der Waals surface area contributed by atoms with E-state index in [-0.39, 0.29) is 6.04 Å². The Kier molecular flexibility index (Phi) is 4.38. The molecule has 0 atom stereocenters. The molecule has 0 aliphatic carbocycles. The van der Waals surface area contributed by atoms with Crippen molar-refractivity contribution in [2.45, 2.75) is 6.04 Å². The number of likely N-dealkylation sites (tertiary alicyclic amines) is 1. The van der Waals surface area contributed by atoms with Crippen LogP contribution in [0, 0.1) is 11.8 Å². The first-order valence-corrected chi connectivity index (χ1v) is 8.65. The molecule has 7 heteroatoms. The van der Waals surface area contributed by atoms with Gasteiger partial charge in [0.05, 0.1) is 11.4 Å². The van der Waals surface area contributed by atoms with Gasteiger partial charge in [-0.1, -0.05) is 30.2 Å². The molecule has 2 aromatic heterocycles. The van der Waals surface area contributed by atoms with Crippen molar-refractivity contribution in [3.8, 4) is 11.8 Å². The summed E-state index contributed by atoms with van der Waals surface area (Å²) in [5.41, 5.74) is 2.07. The maximum Gasteiger partial charge on any atom is 0.282 e. The van der Waals surface area contributed by atoms with Crippen LogP contribution in [0.2, 0.25) is 5.02 Å². The van der Waals surface area contributed by atoms with Crippen LogP contribution in [0.5, 0.6) is 0 Å². The summed E-state index contributed by atoms with van der Waals surface area (Å²) < 4.78 is 14.7. The van der Waals surface area contributed by atoms with E-state index in [0.717, 1.165) is 10.9 Å². The Morgan fingerprint density at radius 2 is 2.07 bits per heavy atom. The van der Waals surface area contributed by atoms with Gasteiger partial charge in [-0.05, 0) is 36.3 Å². The van der Waals surface area contributed by atoms with E-state index < -0.39 is 11.7 Å². The summed E-state index contributed by atoms with van der Waals surface area (Å²) in [6.07, 6.45) is 1.68. The molecule has 0 radical (unpaired) electrons. The maximum atomic E-state index is 13.0. The van der Waals surface area contributed by atoms with Crippen LogP contribution in [0.3, 0.4) is 0 Å². The molecule has 0 N–H and O–H groups in total. The van der Waals surface area contributed by atoms with Gasteiger partial charge in [0, 0.05) is 29.9 Å². The number of hydrogen-bond acceptors (Lipinski definition) is 3. The second kappa shape index (κ2) is 6.86. The predicted molar refractivity (Wildman–Crippen MR) is 101 cm³/mol. The number of carbonyl (C=O) groups is 1. The zero-order valence-corrected chi connectivity index (χ0v) is 14.9. The third-order valence-electron chi connectivity index (χ3n) is 4.34. The van der Waals surface area contributed by atoms with E-state index in [4.69, 9.17) is 11.6 Å². The van der Waals surface area contributed by atoms with Crippen molar-refractivity contribution in [3.63, 3.8) is 0 Å². The van der Waals surface area contributed by atoms with Crippen LogP contribution in [0.25, 0.3) is 11.0 Å². The predicted octanol–water partition coefficient (Wildman–Crippen LogP) is 3.35. The van der Waals surface area contributed by atoms with Gasteiger partial charge in [0.15, 0.2) is 11.5 Å². The lowest BCUT2D eigenvalue weighted by molar-refractivity contribution is -0.134. The number of benzene rings is 1. The van der Waals surface area contributed by atoms with Gasteiger partial charge in [-0.15, -0.1) is 0 Å². The Morgan fingerprint density at radius 3 is 2.81 bits per heavy atom. The highest BCUT2D eigenvalue weighted by atomic mass is 35.5. The number of halogens is 2. The van der Waals surface area contributed by atoms with Crippen LogP contribution in [-0.4, -0.2) is 38.7 Å². The SMILES string of the molecule is C=C(F)C(=O)N1CC(n2nc(C#Cc3cccc(Cl)c3)c3cccnc32)C1. The molecule has 0 saturated carbocycles. The summed E-state index contributed by atoms with van der Waals surface area (Å²) in [5.74, 6) is 4.49. The molecule has 0 unspecified atom stereocenters. The number of hydrogen-bond donors (Lipinski definition) is 0. The number of rotatable bonds is 2. The molecule has 0 spiro atoms. The first kappa shape index (κ1) is 17.3. The van der Waals surface area contributed by atoms with E-state index in [1.54, 1.807) is 23.0 Å². The molecule has 3 aromatic rings. The quantitative estimate of drug-likeness (QED) is 0.506. The number of carbonyl (C=O) groups excluding carboxylic acids is 1. The highest BCUT2D eigenvalue weighted by molar-refractivity contribution is 6.30. The lowest BCUT2D eigenvalue weighted by Crippen LogP contribution is -2.51. The molecule has 1 aliphatic rings. The minimum Gasteiger partial charge on any atom is -0.332 e. The third kappa shape index (κ3) is 3.29. The van der Waals surface area contributed by atoms with Crippen LogP contribution >= 0.6 is 11.6 Å². The largest absolute Gasteiger partial charge is 0.332 e. The van der Waals surface area contributed by atoms with Crippen LogP contribution in [0.15, 0.2) is 55.0 Å². The fourth-order valence-corrected chi connectivity index (χ4v) is 3.16. The van der Waals surface area contributed by atoms with Gasteiger partial charge in [0.1, 0.15) is 5.69 Å². The lowest BCUT2D eigenvalue weighted by Gasteiger charge is -2.38. The van der Waals surface area contributed by atoms with Crippen molar-refractivity contribution in [1.82, 2.24) is 19.7 Å². The van der Waals surface area contributed by atoms with Gasteiger partial charge in [-0.25, -0.2) is 14.1 Å². The number of amides is 1. The summed E-state index contributed by atoms with van der Waals surface area (Å²) in [7, 11) is 0. The number of pyridine rings is 1. The molecule has 5 nitrogen and oxygen atoms in total. The number of fused-ring (bicyclic) bond motifs is 1. The van der Waals surface area contributed by atoms with Gasteiger partial charge < -0.3 is 4.90 Å². The fraction of sp³-hybridized carbons (Fsp3) is 0.150. The van der Waals surface area contributed by atoms with Gasteiger partial charge in [0.2, 0.25) is 0 Å². The Hall–Kier alpha value is -3.17. The van der Waals surface area contributed by atoms with E-state index in [2.05, 4.69) is 28.5 Å². The molecule has 27 heavy (non-hydrogen) atoms.